The SMILES string of the molecule is CN1C(=O)N(C[C@@H](O)c2ccccc2Cl)C(=O)C12CCCCC2. The second-order valence-electron chi connectivity index (χ2n) is 6.39. The van der Waals surface area contributed by atoms with Crippen LogP contribution in [0.1, 0.15) is 43.8 Å². The van der Waals surface area contributed by atoms with Crippen LogP contribution in [0.25, 0.3) is 0 Å². The van der Waals surface area contributed by atoms with Gasteiger partial charge in [0, 0.05) is 17.6 Å². The number of aliphatic hydroxyl groups is 1. The molecule has 1 atom stereocenters. The lowest BCUT2D eigenvalue weighted by molar-refractivity contribution is -0.135. The van der Waals surface area contributed by atoms with Crippen molar-refractivity contribution in [1.29, 1.82) is 0 Å². The summed E-state index contributed by atoms with van der Waals surface area (Å²) in [7, 11) is 1.69. The number of halogens is 1. The van der Waals surface area contributed by atoms with Crippen LogP contribution < -0.4 is 0 Å². The van der Waals surface area contributed by atoms with E-state index in [2.05, 4.69) is 0 Å². The highest BCUT2D eigenvalue weighted by atomic mass is 35.5. The van der Waals surface area contributed by atoms with Crippen molar-refractivity contribution < 1.29 is 14.7 Å². The molecule has 0 unspecified atom stereocenters. The predicted octanol–water partition coefficient (Wildman–Crippen LogP) is 2.97. The van der Waals surface area contributed by atoms with Gasteiger partial charge in [-0.05, 0) is 18.9 Å². The number of urea groups is 1. The van der Waals surface area contributed by atoms with Crippen LogP contribution in [-0.4, -0.2) is 46.0 Å². The predicted molar refractivity (Wildman–Crippen MR) is 87.1 cm³/mol. The standard InChI is InChI=1S/C17H21ClN2O3/c1-19-16(23)20(15(22)17(19)9-5-2-6-10-17)11-14(21)12-7-3-4-8-13(12)18/h3-4,7-8,14,21H,2,5-6,9-11H2,1H3/t14-/m1/s1. The van der Waals surface area contributed by atoms with Crippen LogP contribution >= 0.6 is 11.6 Å². The second-order valence-corrected chi connectivity index (χ2v) is 6.79. The lowest BCUT2D eigenvalue weighted by Crippen LogP contribution is -2.49. The molecular weight excluding hydrogens is 316 g/mol. The molecule has 1 aromatic carbocycles. The fraction of sp³-hybridized carbons (Fsp3) is 0.529. The number of carbonyl (C=O) groups excluding carboxylic acids is 2. The first-order valence-electron chi connectivity index (χ1n) is 7.99. The smallest absolute Gasteiger partial charge is 0.327 e. The molecule has 0 aromatic heterocycles. The van der Waals surface area contributed by atoms with Crippen molar-refractivity contribution in [3.63, 3.8) is 0 Å². The molecule has 23 heavy (non-hydrogen) atoms. The Kier molecular flexibility index (Phi) is 4.34. The number of hydrogen-bond acceptors (Lipinski definition) is 3. The van der Waals surface area contributed by atoms with Gasteiger partial charge in [-0.3, -0.25) is 9.69 Å². The van der Waals surface area contributed by atoms with Crippen LogP contribution in [-0.2, 0) is 4.79 Å². The van der Waals surface area contributed by atoms with E-state index in [9.17, 15) is 14.7 Å². The van der Waals surface area contributed by atoms with E-state index in [1.54, 1.807) is 36.2 Å². The maximum Gasteiger partial charge on any atom is 0.327 e. The summed E-state index contributed by atoms with van der Waals surface area (Å²) in [6.07, 6.45) is 3.41. The lowest BCUT2D eigenvalue weighted by atomic mass is 9.80. The molecule has 1 aliphatic heterocycles. The number of imide groups is 1. The van der Waals surface area contributed by atoms with Gasteiger partial charge in [-0.1, -0.05) is 49.1 Å². The number of hydrogen-bond donors (Lipinski definition) is 1. The maximum absolute atomic E-state index is 12.9. The van der Waals surface area contributed by atoms with Gasteiger partial charge in [0.05, 0.1) is 12.6 Å². The first kappa shape index (κ1) is 16.3. The molecule has 3 amide bonds. The Hall–Kier alpha value is -1.59. The van der Waals surface area contributed by atoms with Gasteiger partial charge >= 0.3 is 6.03 Å². The summed E-state index contributed by atoms with van der Waals surface area (Å²) < 4.78 is 0. The van der Waals surface area contributed by atoms with Gasteiger partial charge in [-0.15, -0.1) is 0 Å². The molecule has 1 aromatic rings. The minimum absolute atomic E-state index is 0.0620. The Bertz CT molecular complexity index is 628. The average molecular weight is 337 g/mol. The van der Waals surface area contributed by atoms with Gasteiger partial charge in [0.1, 0.15) is 5.54 Å². The zero-order chi connectivity index (χ0) is 16.6. The molecule has 1 saturated carbocycles. The highest BCUT2D eigenvalue weighted by Gasteiger charge is 2.55. The first-order chi connectivity index (χ1) is 11.0. The lowest BCUT2D eigenvalue weighted by Gasteiger charge is -2.35. The number of benzene rings is 1. The largest absolute Gasteiger partial charge is 0.386 e. The molecule has 2 fully saturated rings. The van der Waals surface area contributed by atoms with Crippen molar-refractivity contribution in [2.75, 3.05) is 13.6 Å². The molecule has 1 aliphatic carbocycles. The molecule has 1 spiro atoms. The van der Waals surface area contributed by atoms with Crippen LogP contribution in [0.3, 0.4) is 0 Å². The Balaban J connectivity index is 1.82. The third kappa shape index (κ3) is 2.62. The number of amides is 3. The monoisotopic (exact) mass is 336 g/mol. The maximum atomic E-state index is 12.9. The molecule has 1 heterocycles. The van der Waals surface area contributed by atoms with Gasteiger partial charge in [0.2, 0.25) is 0 Å². The summed E-state index contributed by atoms with van der Waals surface area (Å²) in [6, 6.07) is 6.60. The third-order valence-corrected chi connectivity index (χ3v) is 5.45. The number of nitrogens with zero attached hydrogens (tertiary/aromatic N) is 2. The van der Waals surface area contributed by atoms with Crippen LogP contribution in [0, 0.1) is 0 Å². The van der Waals surface area contributed by atoms with Crippen molar-refractivity contribution in [2.45, 2.75) is 43.7 Å². The van der Waals surface area contributed by atoms with Crippen LogP contribution in [0.15, 0.2) is 24.3 Å². The third-order valence-electron chi connectivity index (χ3n) is 5.10. The molecule has 124 valence electrons. The number of likely N-dealkylation sites (N-methyl/N-ethyl adjacent to an activating group) is 1. The van der Waals surface area contributed by atoms with Gasteiger partial charge in [0.15, 0.2) is 0 Å². The van der Waals surface area contributed by atoms with Crippen LogP contribution in [0.5, 0.6) is 0 Å². The Morgan fingerprint density at radius 1 is 1.22 bits per heavy atom. The highest BCUT2D eigenvalue weighted by Crippen LogP contribution is 2.40. The minimum Gasteiger partial charge on any atom is -0.386 e. The Labute approximate surface area is 140 Å². The topological polar surface area (TPSA) is 60.9 Å². The van der Waals surface area contributed by atoms with E-state index in [1.165, 1.54) is 4.90 Å². The molecule has 6 heteroatoms. The average Bonchev–Trinajstić information content (AvgIpc) is 2.72. The molecule has 0 radical (unpaired) electrons. The van der Waals surface area contributed by atoms with E-state index in [0.717, 1.165) is 19.3 Å². The molecular formula is C17H21ClN2O3. The van der Waals surface area contributed by atoms with Crippen molar-refractivity contribution in [3.8, 4) is 0 Å². The molecule has 5 nitrogen and oxygen atoms in total. The van der Waals surface area contributed by atoms with E-state index in [1.807, 2.05) is 0 Å². The Morgan fingerprint density at radius 3 is 2.52 bits per heavy atom. The van der Waals surface area contributed by atoms with Crippen LogP contribution in [0.4, 0.5) is 4.79 Å². The summed E-state index contributed by atoms with van der Waals surface area (Å²) in [5.41, 5.74) is -0.183. The van der Waals surface area contributed by atoms with Gasteiger partial charge in [-0.25, -0.2) is 4.79 Å². The molecule has 1 N–H and O–H groups in total. The first-order valence-corrected chi connectivity index (χ1v) is 8.37. The quantitative estimate of drug-likeness (QED) is 0.863. The van der Waals surface area contributed by atoms with Gasteiger partial charge in [0.25, 0.3) is 5.91 Å². The normalized spacial score (nSPS) is 22.0. The molecule has 1 saturated heterocycles. The zero-order valence-electron chi connectivity index (χ0n) is 13.2. The summed E-state index contributed by atoms with van der Waals surface area (Å²) >= 11 is 6.09. The van der Waals surface area contributed by atoms with Crippen molar-refractivity contribution in [2.24, 2.45) is 0 Å². The van der Waals surface area contributed by atoms with Crippen molar-refractivity contribution in [1.82, 2.24) is 9.80 Å². The van der Waals surface area contributed by atoms with E-state index in [4.69, 9.17) is 11.6 Å². The van der Waals surface area contributed by atoms with Crippen LogP contribution in [0.2, 0.25) is 5.02 Å². The molecule has 3 rings (SSSR count). The van der Waals surface area contributed by atoms with Crippen molar-refractivity contribution >= 4 is 23.5 Å². The summed E-state index contributed by atoms with van der Waals surface area (Å²) in [6.45, 7) is -0.0620. The van der Waals surface area contributed by atoms with E-state index in [0.29, 0.717) is 23.4 Å². The number of rotatable bonds is 3. The fourth-order valence-corrected chi connectivity index (χ4v) is 3.97. The van der Waals surface area contributed by atoms with E-state index >= 15 is 0 Å². The second kappa shape index (κ2) is 6.13. The fourth-order valence-electron chi connectivity index (χ4n) is 3.71. The summed E-state index contributed by atoms with van der Waals surface area (Å²) in [4.78, 5) is 28.1. The molecule has 2 aliphatic rings. The highest BCUT2D eigenvalue weighted by molar-refractivity contribution is 6.31. The summed E-state index contributed by atoms with van der Waals surface area (Å²) in [5, 5.41) is 10.9. The molecule has 0 bridgehead atoms. The van der Waals surface area contributed by atoms with E-state index < -0.39 is 11.6 Å². The minimum atomic E-state index is -0.983. The van der Waals surface area contributed by atoms with Gasteiger partial charge < -0.3 is 10.0 Å². The zero-order valence-corrected chi connectivity index (χ0v) is 13.9. The van der Waals surface area contributed by atoms with E-state index in [-0.39, 0.29) is 18.5 Å². The van der Waals surface area contributed by atoms with Gasteiger partial charge in [-0.2, -0.15) is 0 Å². The number of carbonyl (C=O) groups is 2. The van der Waals surface area contributed by atoms with Crippen molar-refractivity contribution in [3.05, 3.63) is 34.9 Å². The Morgan fingerprint density at radius 2 is 1.87 bits per heavy atom. The number of aliphatic hydroxyl groups excluding tert-OH is 1. The number of β-amino-alcohol motifs (C(OH)–C–C–N with tert-alkyl or cyclic N) is 1. The summed E-state index contributed by atoms with van der Waals surface area (Å²) in [5.74, 6) is -0.184.